The van der Waals surface area contributed by atoms with Crippen LogP contribution >= 0.6 is 0 Å². The lowest BCUT2D eigenvalue weighted by atomic mass is 9.80. The van der Waals surface area contributed by atoms with Crippen molar-refractivity contribution in [3.63, 3.8) is 0 Å². The van der Waals surface area contributed by atoms with Crippen LogP contribution in [0.4, 0.5) is 0 Å². The number of carboxylic acids is 2. The third-order valence-corrected chi connectivity index (χ3v) is 7.53. The summed E-state index contributed by atoms with van der Waals surface area (Å²) in [5.41, 5.74) is 0. The second-order valence-electron chi connectivity index (χ2n) is 8.40. The van der Waals surface area contributed by atoms with Crippen LogP contribution in [0.25, 0.3) is 0 Å². The molecule has 30 heavy (non-hydrogen) atoms. The van der Waals surface area contributed by atoms with Gasteiger partial charge in [0.1, 0.15) is 0 Å². The maximum absolute atomic E-state index is 12.1. The molecule has 0 aromatic heterocycles. The third-order valence-electron chi connectivity index (χ3n) is 5.96. The highest BCUT2D eigenvalue weighted by atomic mass is 32.2. The first-order valence-electron chi connectivity index (χ1n) is 11.6. The van der Waals surface area contributed by atoms with Gasteiger partial charge in [-0.05, 0) is 18.8 Å². The smallest absolute Gasteiger partial charge is 0.328 e. The minimum Gasteiger partial charge on any atom is -0.481 e. The molecule has 0 aliphatic heterocycles. The Morgan fingerprint density at radius 1 is 0.733 bits per heavy atom. The zero-order valence-corrected chi connectivity index (χ0v) is 19.6. The van der Waals surface area contributed by atoms with Crippen LogP contribution in [-0.4, -0.2) is 39.9 Å². The molecule has 178 valence electrons. The molecule has 0 rings (SSSR count). The molecule has 0 amide bonds. The van der Waals surface area contributed by atoms with Crippen molar-refractivity contribution in [2.24, 2.45) is 5.92 Å². The van der Waals surface area contributed by atoms with Crippen molar-refractivity contribution in [1.82, 2.24) is 0 Å². The molecule has 7 nitrogen and oxygen atoms in total. The summed E-state index contributed by atoms with van der Waals surface area (Å²) >= 11 is 0. The van der Waals surface area contributed by atoms with Gasteiger partial charge >= 0.3 is 11.9 Å². The fourth-order valence-corrected chi connectivity index (χ4v) is 5.34. The van der Waals surface area contributed by atoms with Gasteiger partial charge in [0.2, 0.25) is 4.75 Å². The van der Waals surface area contributed by atoms with E-state index >= 15 is 0 Å². The van der Waals surface area contributed by atoms with Crippen LogP contribution < -0.4 is 0 Å². The first kappa shape index (κ1) is 28.9. The predicted octanol–water partition coefficient (Wildman–Crippen LogP) is 5.68. The SMILES string of the molecule is CCCCCCCCCCCCC(CCCCC)C(CC(=O)O)(C(=O)O)S(=O)(=O)O. The zero-order valence-electron chi connectivity index (χ0n) is 18.8. The molecule has 0 aromatic carbocycles. The quantitative estimate of drug-likeness (QED) is 0.161. The summed E-state index contributed by atoms with van der Waals surface area (Å²) in [6.45, 7) is 4.16. The summed E-state index contributed by atoms with van der Waals surface area (Å²) in [6, 6.07) is 0. The van der Waals surface area contributed by atoms with Crippen molar-refractivity contribution < 1.29 is 32.8 Å². The minimum atomic E-state index is -5.10. The van der Waals surface area contributed by atoms with Gasteiger partial charge in [0, 0.05) is 0 Å². The van der Waals surface area contributed by atoms with Crippen molar-refractivity contribution in [2.75, 3.05) is 0 Å². The molecule has 0 heterocycles. The van der Waals surface area contributed by atoms with E-state index in [1.807, 2.05) is 6.92 Å². The average Bonchev–Trinajstić information content (AvgIpc) is 2.65. The molecule has 3 N–H and O–H groups in total. The van der Waals surface area contributed by atoms with E-state index in [0.29, 0.717) is 12.8 Å². The van der Waals surface area contributed by atoms with E-state index in [2.05, 4.69) is 6.92 Å². The third kappa shape index (κ3) is 10.2. The first-order valence-corrected chi connectivity index (χ1v) is 13.0. The summed E-state index contributed by atoms with van der Waals surface area (Å²) in [5.74, 6) is -4.25. The lowest BCUT2D eigenvalue weighted by Gasteiger charge is -2.33. The Hall–Kier alpha value is -1.15. The molecule has 2 atom stereocenters. The van der Waals surface area contributed by atoms with Gasteiger partial charge in [-0.25, -0.2) is 0 Å². The van der Waals surface area contributed by atoms with E-state index in [1.54, 1.807) is 0 Å². The van der Waals surface area contributed by atoms with E-state index in [9.17, 15) is 32.8 Å². The molecule has 0 saturated heterocycles. The molecule has 0 saturated carbocycles. The topological polar surface area (TPSA) is 129 Å². The van der Waals surface area contributed by atoms with Crippen LogP contribution in [-0.2, 0) is 19.7 Å². The number of hydrogen-bond donors (Lipinski definition) is 3. The van der Waals surface area contributed by atoms with Crippen LogP contribution in [0.3, 0.4) is 0 Å². The van der Waals surface area contributed by atoms with Crippen molar-refractivity contribution >= 4 is 22.1 Å². The summed E-state index contributed by atoms with van der Waals surface area (Å²) in [6.07, 6.45) is 12.6. The molecule has 0 aromatic rings. The molecule has 0 bridgehead atoms. The van der Waals surface area contributed by atoms with Gasteiger partial charge in [-0.15, -0.1) is 0 Å². The monoisotopic (exact) mass is 450 g/mol. The Morgan fingerprint density at radius 3 is 1.47 bits per heavy atom. The van der Waals surface area contributed by atoms with Crippen molar-refractivity contribution in [3.8, 4) is 0 Å². The van der Waals surface area contributed by atoms with E-state index in [0.717, 1.165) is 38.5 Å². The van der Waals surface area contributed by atoms with E-state index in [4.69, 9.17) is 0 Å². The second-order valence-corrected chi connectivity index (χ2v) is 10.1. The van der Waals surface area contributed by atoms with Gasteiger partial charge in [0.25, 0.3) is 10.1 Å². The Kier molecular flexibility index (Phi) is 15.0. The fraction of sp³-hybridized carbons (Fsp3) is 0.909. The summed E-state index contributed by atoms with van der Waals surface area (Å²) in [4.78, 5) is 23.3. The van der Waals surface area contributed by atoms with Gasteiger partial charge in [-0.2, -0.15) is 8.42 Å². The van der Waals surface area contributed by atoms with Crippen LogP contribution in [0.15, 0.2) is 0 Å². The number of rotatable bonds is 20. The highest BCUT2D eigenvalue weighted by Crippen LogP contribution is 2.38. The molecule has 0 radical (unpaired) electrons. The highest BCUT2D eigenvalue weighted by molar-refractivity contribution is 7.88. The Bertz CT molecular complexity index is 588. The standard InChI is InChI=1S/C22H42O7S/c1-3-5-7-8-9-10-11-12-13-15-17-19(16-14-6-4-2)22(21(25)26,18-20(23)24)30(27,28)29/h19H,3-18H2,1-2H3,(H,23,24)(H,25,26)(H,27,28,29). The predicted molar refractivity (Wildman–Crippen MR) is 118 cm³/mol. The summed E-state index contributed by atoms with van der Waals surface area (Å²) in [7, 11) is -5.10. The molecule has 0 spiro atoms. The lowest BCUT2D eigenvalue weighted by molar-refractivity contribution is -0.148. The van der Waals surface area contributed by atoms with Gasteiger partial charge in [-0.1, -0.05) is 97.3 Å². The van der Waals surface area contributed by atoms with Gasteiger partial charge in [0.15, 0.2) is 0 Å². The Morgan fingerprint density at radius 2 is 1.10 bits per heavy atom. The van der Waals surface area contributed by atoms with Crippen molar-refractivity contribution in [2.45, 2.75) is 121 Å². The molecule has 0 aliphatic carbocycles. The normalized spacial score (nSPS) is 14.9. The van der Waals surface area contributed by atoms with Gasteiger partial charge in [0.05, 0.1) is 6.42 Å². The van der Waals surface area contributed by atoms with Crippen molar-refractivity contribution in [3.05, 3.63) is 0 Å². The van der Waals surface area contributed by atoms with E-state index in [-0.39, 0.29) is 12.8 Å². The number of carbonyl (C=O) groups is 2. The highest BCUT2D eigenvalue weighted by Gasteiger charge is 2.57. The van der Waals surface area contributed by atoms with Gasteiger partial charge in [-0.3, -0.25) is 14.1 Å². The molecule has 2 unspecified atom stereocenters. The Balaban J connectivity index is 4.94. The van der Waals surface area contributed by atoms with Crippen LogP contribution in [0, 0.1) is 5.92 Å². The summed E-state index contributed by atoms with van der Waals surface area (Å²) < 4.78 is 31.3. The van der Waals surface area contributed by atoms with Crippen LogP contribution in [0.5, 0.6) is 0 Å². The Labute approximate surface area is 182 Å². The largest absolute Gasteiger partial charge is 0.481 e. The molecule has 8 heteroatoms. The zero-order chi connectivity index (χ0) is 23.0. The number of carboxylic acid groups (broad SMARTS) is 2. The number of aliphatic carboxylic acids is 2. The number of hydrogen-bond acceptors (Lipinski definition) is 4. The summed E-state index contributed by atoms with van der Waals surface area (Å²) in [5, 5.41) is 18.9. The fourth-order valence-electron chi connectivity index (χ4n) is 4.16. The first-order chi connectivity index (χ1) is 14.1. The van der Waals surface area contributed by atoms with Crippen LogP contribution in [0.2, 0.25) is 0 Å². The molecular formula is C22H42O7S. The van der Waals surface area contributed by atoms with E-state index < -0.39 is 39.1 Å². The lowest BCUT2D eigenvalue weighted by Crippen LogP contribution is -2.53. The van der Waals surface area contributed by atoms with Gasteiger partial charge < -0.3 is 10.2 Å². The van der Waals surface area contributed by atoms with E-state index in [1.165, 1.54) is 32.1 Å². The van der Waals surface area contributed by atoms with Crippen LogP contribution in [0.1, 0.15) is 117 Å². The minimum absolute atomic E-state index is 0.268. The maximum atomic E-state index is 12.1. The maximum Gasteiger partial charge on any atom is 0.328 e. The average molecular weight is 451 g/mol. The molecule has 0 aliphatic rings. The molecule has 0 fully saturated rings. The second kappa shape index (κ2) is 15.6. The number of unbranched alkanes of at least 4 members (excludes halogenated alkanes) is 11. The molecular weight excluding hydrogens is 408 g/mol. The van der Waals surface area contributed by atoms with Crippen molar-refractivity contribution in [1.29, 1.82) is 0 Å².